The molecule has 90 valence electrons. The fourth-order valence-electron chi connectivity index (χ4n) is 1.73. The highest BCUT2D eigenvalue weighted by atomic mass is 127. The van der Waals surface area contributed by atoms with Gasteiger partial charge in [0.2, 0.25) is 0 Å². The first kappa shape index (κ1) is 12.3. The van der Waals surface area contributed by atoms with Crippen LogP contribution in [-0.2, 0) is 16.1 Å². The third-order valence-electron chi connectivity index (χ3n) is 2.81. The molecule has 4 nitrogen and oxygen atoms in total. The van der Waals surface area contributed by atoms with E-state index in [2.05, 4.69) is 22.6 Å². The van der Waals surface area contributed by atoms with Crippen molar-refractivity contribution in [3.63, 3.8) is 0 Å². The van der Waals surface area contributed by atoms with Crippen molar-refractivity contribution in [3.05, 3.63) is 33.4 Å². The van der Waals surface area contributed by atoms with Gasteiger partial charge in [-0.25, -0.2) is 0 Å². The number of hydrogen-bond donors (Lipinski definition) is 0. The maximum Gasteiger partial charge on any atom is 0.312 e. The molecule has 0 spiro atoms. The highest BCUT2D eigenvalue weighted by Crippen LogP contribution is 2.11. The zero-order chi connectivity index (χ0) is 12.4. The lowest BCUT2D eigenvalue weighted by molar-refractivity contribution is -0.155. The largest absolute Gasteiger partial charge is 0.336 e. The van der Waals surface area contributed by atoms with E-state index >= 15 is 0 Å². The van der Waals surface area contributed by atoms with Crippen molar-refractivity contribution in [1.29, 1.82) is 0 Å². The molecule has 0 unspecified atom stereocenters. The molecule has 1 aliphatic rings. The van der Waals surface area contributed by atoms with Gasteiger partial charge in [0.25, 0.3) is 0 Å². The summed E-state index contributed by atoms with van der Waals surface area (Å²) in [6, 6.07) is 7.96. The second-order valence-electron chi connectivity index (χ2n) is 4.08. The number of hydrogen-bond acceptors (Lipinski definition) is 2. The molecule has 0 aliphatic carbocycles. The van der Waals surface area contributed by atoms with E-state index in [4.69, 9.17) is 0 Å². The van der Waals surface area contributed by atoms with E-state index in [1.165, 1.54) is 4.90 Å². The lowest BCUT2D eigenvalue weighted by Gasteiger charge is -2.31. The first-order valence-electron chi connectivity index (χ1n) is 5.37. The van der Waals surface area contributed by atoms with E-state index in [0.717, 1.165) is 9.13 Å². The normalized spacial score (nSPS) is 16.6. The Morgan fingerprint density at radius 1 is 1.12 bits per heavy atom. The van der Waals surface area contributed by atoms with Crippen LogP contribution in [0.4, 0.5) is 0 Å². The standard InChI is InChI=1S/C12H13IN2O2/c1-14-6-7-15(12(17)11(14)16)8-9-2-4-10(13)5-3-9/h2-5H,6-8H2,1H3. The van der Waals surface area contributed by atoms with Gasteiger partial charge in [0, 0.05) is 30.3 Å². The molecule has 2 amide bonds. The number of amides is 2. The van der Waals surface area contributed by atoms with Crippen molar-refractivity contribution in [2.75, 3.05) is 20.1 Å². The van der Waals surface area contributed by atoms with Crippen molar-refractivity contribution >= 4 is 34.4 Å². The molecular weight excluding hydrogens is 331 g/mol. The summed E-state index contributed by atoms with van der Waals surface area (Å²) in [5.74, 6) is -0.820. The van der Waals surface area contributed by atoms with Gasteiger partial charge >= 0.3 is 11.8 Å². The molecule has 0 radical (unpaired) electrons. The van der Waals surface area contributed by atoms with E-state index in [1.54, 1.807) is 11.9 Å². The number of rotatable bonds is 2. The number of halogens is 1. The first-order chi connectivity index (χ1) is 8.08. The van der Waals surface area contributed by atoms with Crippen LogP contribution in [-0.4, -0.2) is 41.8 Å². The minimum absolute atomic E-state index is 0.405. The van der Waals surface area contributed by atoms with Crippen LogP contribution in [0.3, 0.4) is 0 Å². The highest BCUT2D eigenvalue weighted by molar-refractivity contribution is 14.1. The summed E-state index contributed by atoms with van der Waals surface area (Å²) in [5, 5.41) is 0. The van der Waals surface area contributed by atoms with Crippen molar-refractivity contribution in [2.24, 2.45) is 0 Å². The average Bonchev–Trinajstić information content (AvgIpc) is 2.33. The zero-order valence-electron chi connectivity index (χ0n) is 9.52. The molecule has 5 heteroatoms. The van der Waals surface area contributed by atoms with Crippen LogP contribution >= 0.6 is 22.6 Å². The number of carbonyl (C=O) groups is 2. The average molecular weight is 344 g/mol. The van der Waals surface area contributed by atoms with Crippen LogP contribution in [0.5, 0.6) is 0 Å². The van der Waals surface area contributed by atoms with Gasteiger partial charge < -0.3 is 9.80 Å². The molecule has 1 heterocycles. The zero-order valence-corrected chi connectivity index (χ0v) is 11.7. The Labute approximate surface area is 114 Å². The van der Waals surface area contributed by atoms with E-state index in [0.29, 0.717) is 19.6 Å². The minimum atomic E-state index is -0.415. The molecule has 1 aromatic rings. The van der Waals surface area contributed by atoms with Crippen LogP contribution in [0.25, 0.3) is 0 Å². The molecular formula is C12H13IN2O2. The van der Waals surface area contributed by atoms with Gasteiger partial charge in [-0.05, 0) is 40.3 Å². The van der Waals surface area contributed by atoms with Crippen LogP contribution < -0.4 is 0 Å². The summed E-state index contributed by atoms with van der Waals surface area (Å²) >= 11 is 2.24. The van der Waals surface area contributed by atoms with Crippen molar-refractivity contribution in [1.82, 2.24) is 9.80 Å². The predicted octanol–water partition coefficient (Wildman–Crippen LogP) is 1.09. The van der Waals surface area contributed by atoms with Gasteiger partial charge in [-0.3, -0.25) is 9.59 Å². The number of likely N-dealkylation sites (N-methyl/N-ethyl adjacent to an activating group) is 1. The summed E-state index contributed by atoms with van der Waals surface area (Å²) in [6.45, 7) is 1.72. The Morgan fingerprint density at radius 3 is 2.41 bits per heavy atom. The quantitative estimate of drug-likeness (QED) is 0.595. The third kappa shape index (κ3) is 2.77. The first-order valence-corrected chi connectivity index (χ1v) is 6.44. The maximum atomic E-state index is 11.7. The third-order valence-corrected chi connectivity index (χ3v) is 3.53. The van der Waals surface area contributed by atoms with Gasteiger partial charge in [-0.1, -0.05) is 12.1 Å². The molecule has 2 rings (SSSR count). The second kappa shape index (κ2) is 5.03. The smallest absolute Gasteiger partial charge is 0.312 e. The maximum absolute atomic E-state index is 11.7. The lowest BCUT2D eigenvalue weighted by atomic mass is 10.2. The van der Waals surface area contributed by atoms with Crippen molar-refractivity contribution in [2.45, 2.75) is 6.54 Å². The fraction of sp³-hybridized carbons (Fsp3) is 0.333. The summed E-state index contributed by atoms with van der Waals surface area (Å²) in [7, 11) is 1.66. The summed E-state index contributed by atoms with van der Waals surface area (Å²) in [4.78, 5) is 26.3. The van der Waals surface area contributed by atoms with Crippen LogP contribution in [0.1, 0.15) is 5.56 Å². The number of carbonyl (C=O) groups excluding carboxylic acids is 2. The summed E-state index contributed by atoms with van der Waals surface area (Å²) in [6.07, 6.45) is 0. The van der Waals surface area contributed by atoms with Crippen LogP contribution in [0.15, 0.2) is 24.3 Å². The lowest BCUT2D eigenvalue weighted by Crippen LogP contribution is -2.52. The Kier molecular flexibility index (Phi) is 3.66. The van der Waals surface area contributed by atoms with Crippen molar-refractivity contribution < 1.29 is 9.59 Å². The fourth-order valence-corrected chi connectivity index (χ4v) is 2.09. The Bertz CT molecular complexity index is 444. The number of nitrogens with zero attached hydrogens (tertiary/aromatic N) is 2. The molecule has 0 bridgehead atoms. The molecule has 0 aromatic heterocycles. The monoisotopic (exact) mass is 344 g/mol. The Hall–Kier alpha value is -1.11. The predicted molar refractivity (Wildman–Crippen MR) is 72.2 cm³/mol. The highest BCUT2D eigenvalue weighted by Gasteiger charge is 2.29. The number of benzene rings is 1. The molecule has 0 saturated carbocycles. The van der Waals surface area contributed by atoms with E-state index in [1.807, 2.05) is 24.3 Å². The molecule has 1 fully saturated rings. The molecule has 0 N–H and O–H groups in total. The van der Waals surface area contributed by atoms with Gasteiger partial charge in [-0.2, -0.15) is 0 Å². The van der Waals surface area contributed by atoms with Crippen LogP contribution in [0, 0.1) is 3.57 Å². The van der Waals surface area contributed by atoms with E-state index < -0.39 is 11.8 Å². The van der Waals surface area contributed by atoms with Gasteiger partial charge in [0.1, 0.15) is 0 Å². The van der Waals surface area contributed by atoms with Crippen molar-refractivity contribution in [3.8, 4) is 0 Å². The van der Waals surface area contributed by atoms with E-state index in [-0.39, 0.29) is 0 Å². The summed E-state index contributed by atoms with van der Waals surface area (Å²) in [5.41, 5.74) is 1.05. The topological polar surface area (TPSA) is 40.6 Å². The SMILES string of the molecule is CN1CCN(Cc2ccc(I)cc2)C(=O)C1=O. The van der Waals surface area contributed by atoms with E-state index in [9.17, 15) is 9.59 Å². The Balaban J connectivity index is 2.07. The summed E-state index contributed by atoms with van der Waals surface area (Å²) < 4.78 is 1.16. The molecule has 17 heavy (non-hydrogen) atoms. The molecule has 1 saturated heterocycles. The molecule has 1 aromatic carbocycles. The molecule has 1 aliphatic heterocycles. The second-order valence-corrected chi connectivity index (χ2v) is 5.33. The van der Waals surface area contributed by atoms with Gasteiger partial charge in [0.05, 0.1) is 0 Å². The van der Waals surface area contributed by atoms with Gasteiger partial charge in [0.15, 0.2) is 0 Å². The Morgan fingerprint density at radius 2 is 1.76 bits per heavy atom. The minimum Gasteiger partial charge on any atom is -0.336 e. The van der Waals surface area contributed by atoms with Gasteiger partial charge in [-0.15, -0.1) is 0 Å². The number of piperazine rings is 1. The van der Waals surface area contributed by atoms with Crippen LogP contribution in [0.2, 0.25) is 0 Å². The molecule has 0 atom stereocenters.